The molecule has 30 heavy (non-hydrogen) atoms. The van der Waals surface area contributed by atoms with Gasteiger partial charge in [0.25, 0.3) is 0 Å². The number of anilines is 1. The average Bonchev–Trinajstić information content (AvgIpc) is 2.71. The van der Waals surface area contributed by atoms with E-state index in [1.807, 2.05) is 12.3 Å². The number of carbonyl (C=O) groups excluding carboxylic acids is 1. The normalized spacial score (nSPS) is 22.4. The van der Waals surface area contributed by atoms with Crippen LogP contribution in [-0.2, 0) is 16.1 Å². The molecule has 3 N–H and O–H groups in total. The minimum atomic E-state index is -0.222. The second kappa shape index (κ2) is 12.3. The molecule has 0 aliphatic carbocycles. The van der Waals surface area contributed by atoms with Gasteiger partial charge in [0.05, 0.1) is 19.3 Å². The Hall–Kier alpha value is -1.62. The second-order valence-corrected chi connectivity index (χ2v) is 7.94. The van der Waals surface area contributed by atoms with E-state index in [0.717, 1.165) is 69.5 Å². The van der Waals surface area contributed by atoms with Gasteiger partial charge in [-0.25, -0.2) is 9.98 Å². The zero-order chi connectivity index (χ0) is 20.6. The average molecular weight is 530 g/mol. The van der Waals surface area contributed by atoms with Gasteiger partial charge in [-0.2, -0.15) is 0 Å². The minimum Gasteiger partial charge on any atom is -0.375 e. The Bertz CT molecular complexity index is 716. The van der Waals surface area contributed by atoms with Gasteiger partial charge in [-0.05, 0) is 50.3 Å². The summed E-state index contributed by atoms with van der Waals surface area (Å²) in [4.78, 5) is 25.2. The van der Waals surface area contributed by atoms with Crippen molar-refractivity contribution in [1.29, 1.82) is 0 Å². The Kier molecular flexibility index (Phi) is 10.1. The number of pyridine rings is 1. The summed E-state index contributed by atoms with van der Waals surface area (Å²) in [5.74, 6) is 1.97. The topological polar surface area (TPSA) is 96.1 Å². The molecule has 0 spiro atoms. The molecule has 2 aliphatic rings. The molecule has 1 aromatic heterocycles. The van der Waals surface area contributed by atoms with Crippen LogP contribution in [0.4, 0.5) is 5.82 Å². The lowest BCUT2D eigenvalue weighted by molar-refractivity contribution is -0.119. The number of aromatic nitrogens is 1. The lowest BCUT2D eigenvalue weighted by Gasteiger charge is -2.34. The van der Waals surface area contributed by atoms with E-state index < -0.39 is 0 Å². The summed E-state index contributed by atoms with van der Waals surface area (Å²) in [7, 11) is 0. The number of likely N-dealkylation sites (tertiary alicyclic amines) is 1. The second-order valence-electron chi connectivity index (χ2n) is 7.94. The predicted octanol–water partition coefficient (Wildman–Crippen LogP) is 1.98. The molecule has 2 atom stereocenters. The Morgan fingerprint density at radius 3 is 2.97 bits per heavy atom. The zero-order valence-corrected chi connectivity index (χ0v) is 20.4. The molecule has 0 radical (unpaired) electrons. The van der Waals surface area contributed by atoms with Gasteiger partial charge in [0.15, 0.2) is 5.96 Å². The number of nitrogens with two attached hydrogens (primary N) is 1. The lowest BCUT2D eigenvalue weighted by Crippen LogP contribution is -2.47. The van der Waals surface area contributed by atoms with Gasteiger partial charge in [-0.1, -0.05) is 0 Å². The summed E-state index contributed by atoms with van der Waals surface area (Å²) in [5, 5.41) is 3.40. The summed E-state index contributed by atoms with van der Waals surface area (Å²) >= 11 is 0. The Morgan fingerprint density at radius 2 is 2.23 bits per heavy atom. The van der Waals surface area contributed by atoms with Crippen molar-refractivity contribution in [1.82, 2.24) is 15.2 Å². The first-order chi connectivity index (χ1) is 14.0. The van der Waals surface area contributed by atoms with E-state index in [-0.39, 0.29) is 36.0 Å². The van der Waals surface area contributed by atoms with Gasteiger partial charge in [0, 0.05) is 45.3 Å². The SMILES string of the molecule is CCNC(=NCc1ccnc(N2CCOC(C)C2)c1)N1CCCC(CC(N)=O)C1.I. The van der Waals surface area contributed by atoms with Gasteiger partial charge in [0.1, 0.15) is 5.82 Å². The smallest absolute Gasteiger partial charge is 0.217 e. The molecule has 1 aromatic rings. The van der Waals surface area contributed by atoms with E-state index in [4.69, 9.17) is 15.5 Å². The summed E-state index contributed by atoms with van der Waals surface area (Å²) in [6.45, 7) is 9.79. The van der Waals surface area contributed by atoms with E-state index in [2.05, 4.69) is 40.0 Å². The van der Waals surface area contributed by atoms with Crippen LogP contribution in [0.1, 0.15) is 38.7 Å². The number of aliphatic imine (C=N–C) groups is 1. The monoisotopic (exact) mass is 530 g/mol. The largest absolute Gasteiger partial charge is 0.375 e. The highest BCUT2D eigenvalue weighted by atomic mass is 127. The van der Waals surface area contributed by atoms with Crippen LogP contribution in [0, 0.1) is 5.92 Å². The van der Waals surface area contributed by atoms with Crippen molar-refractivity contribution in [3.05, 3.63) is 23.9 Å². The minimum absolute atomic E-state index is 0. The number of rotatable bonds is 6. The summed E-state index contributed by atoms with van der Waals surface area (Å²) < 4.78 is 5.63. The van der Waals surface area contributed by atoms with Crippen molar-refractivity contribution < 1.29 is 9.53 Å². The number of nitrogens with zero attached hydrogens (tertiary/aromatic N) is 4. The Morgan fingerprint density at radius 1 is 1.40 bits per heavy atom. The van der Waals surface area contributed by atoms with Crippen LogP contribution in [0.2, 0.25) is 0 Å². The molecule has 1 amide bonds. The number of primary amides is 1. The number of hydrogen-bond donors (Lipinski definition) is 2. The maximum atomic E-state index is 11.3. The molecule has 168 valence electrons. The first kappa shape index (κ1) is 24.6. The molecule has 2 unspecified atom stereocenters. The number of piperidine rings is 1. The molecule has 3 rings (SSSR count). The number of amides is 1. The first-order valence-electron chi connectivity index (χ1n) is 10.7. The van der Waals surface area contributed by atoms with Gasteiger partial charge in [0.2, 0.25) is 5.91 Å². The molecule has 9 heteroatoms. The van der Waals surface area contributed by atoms with Crippen LogP contribution in [-0.4, -0.2) is 67.2 Å². The predicted molar refractivity (Wildman–Crippen MR) is 130 cm³/mol. The van der Waals surface area contributed by atoms with Crippen LogP contribution >= 0.6 is 24.0 Å². The van der Waals surface area contributed by atoms with Crippen molar-refractivity contribution in [3.63, 3.8) is 0 Å². The Labute approximate surface area is 196 Å². The number of guanidine groups is 1. The molecule has 2 aliphatic heterocycles. The van der Waals surface area contributed by atoms with Crippen LogP contribution < -0.4 is 16.0 Å². The summed E-state index contributed by atoms with van der Waals surface area (Å²) in [6, 6.07) is 4.14. The third-order valence-electron chi connectivity index (χ3n) is 5.43. The van der Waals surface area contributed by atoms with E-state index in [1.165, 1.54) is 0 Å². The molecule has 8 nitrogen and oxygen atoms in total. The van der Waals surface area contributed by atoms with E-state index >= 15 is 0 Å². The van der Waals surface area contributed by atoms with Crippen LogP contribution in [0.5, 0.6) is 0 Å². The highest BCUT2D eigenvalue weighted by molar-refractivity contribution is 14.0. The van der Waals surface area contributed by atoms with Crippen LogP contribution in [0.3, 0.4) is 0 Å². The molecule has 0 bridgehead atoms. The molecule has 0 aromatic carbocycles. The van der Waals surface area contributed by atoms with Crippen molar-refractivity contribution in [2.75, 3.05) is 44.2 Å². The first-order valence-corrected chi connectivity index (χ1v) is 10.7. The van der Waals surface area contributed by atoms with E-state index in [9.17, 15) is 4.79 Å². The van der Waals surface area contributed by atoms with Gasteiger partial charge in [-0.15, -0.1) is 24.0 Å². The lowest BCUT2D eigenvalue weighted by atomic mass is 9.95. The van der Waals surface area contributed by atoms with Crippen LogP contribution in [0.25, 0.3) is 0 Å². The fourth-order valence-electron chi connectivity index (χ4n) is 4.06. The maximum Gasteiger partial charge on any atom is 0.217 e. The Balaban J connectivity index is 0.00000320. The van der Waals surface area contributed by atoms with Crippen molar-refractivity contribution >= 4 is 41.7 Å². The highest BCUT2D eigenvalue weighted by Crippen LogP contribution is 2.20. The van der Waals surface area contributed by atoms with Crippen molar-refractivity contribution in [3.8, 4) is 0 Å². The third-order valence-corrected chi connectivity index (χ3v) is 5.43. The van der Waals surface area contributed by atoms with Gasteiger partial charge in [-0.3, -0.25) is 4.79 Å². The van der Waals surface area contributed by atoms with Crippen molar-refractivity contribution in [2.45, 2.75) is 45.8 Å². The zero-order valence-electron chi connectivity index (χ0n) is 18.0. The third kappa shape index (κ3) is 7.26. The number of hydrogen-bond acceptors (Lipinski definition) is 5. The molecular formula is C21H35IN6O2. The quantitative estimate of drug-likeness (QED) is 0.332. The number of morpholine rings is 1. The van der Waals surface area contributed by atoms with Gasteiger partial charge >= 0.3 is 0 Å². The standard InChI is InChI=1S/C21H34N6O2.HI/c1-3-23-21(27-8-4-5-18(15-27)11-19(22)28)25-13-17-6-7-24-20(12-17)26-9-10-29-16(2)14-26;/h6-7,12,16,18H,3-5,8-11,13-15H2,1-2H3,(H2,22,28)(H,23,25);1H. The number of halogens is 1. The fourth-order valence-corrected chi connectivity index (χ4v) is 4.06. The molecule has 0 saturated carbocycles. The van der Waals surface area contributed by atoms with Crippen LogP contribution in [0.15, 0.2) is 23.3 Å². The summed E-state index contributed by atoms with van der Waals surface area (Å²) in [5.41, 5.74) is 6.54. The van der Waals surface area contributed by atoms with E-state index in [0.29, 0.717) is 18.9 Å². The molecule has 2 fully saturated rings. The number of carbonyl (C=O) groups is 1. The fraction of sp³-hybridized carbons (Fsp3) is 0.667. The molecule has 3 heterocycles. The van der Waals surface area contributed by atoms with Gasteiger partial charge < -0.3 is 25.6 Å². The molecule has 2 saturated heterocycles. The summed E-state index contributed by atoms with van der Waals surface area (Å²) in [6.07, 6.45) is 4.63. The molecular weight excluding hydrogens is 495 g/mol. The van der Waals surface area contributed by atoms with E-state index in [1.54, 1.807) is 0 Å². The van der Waals surface area contributed by atoms with Crippen molar-refractivity contribution in [2.24, 2.45) is 16.6 Å². The highest BCUT2D eigenvalue weighted by Gasteiger charge is 2.23. The number of nitrogens with one attached hydrogen (secondary N) is 1. The maximum absolute atomic E-state index is 11.3. The number of ether oxygens (including phenoxy) is 1.